The molecule has 0 bridgehead atoms. The van der Waals surface area contributed by atoms with Crippen molar-refractivity contribution in [2.45, 2.75) is 6.92 Å². The van der Waals surface area contributed by atoms with Gasteiger partial charge in [-0.25, -0.2) is 0 Å². The van der Waals surface area contributed by atoms with Gasteiger partial charge in [-0.3, -0.25) is 9.59 Å². The van der Waals surface area contributed by atoms with Crippen molar-refractivity contribution in [3.63, 3.8) is 0 Å². The molecule has 0 aliphatic heterocycles. The molecule has 0 aliphatic carbocycles. The number of Topliss-reactive ketones (excluding diaryl/α,β-unsaturated/α-hetero) is 1. The molecule has 8 heavy (non-hydrogen) atoms. The quantitative estimate of drug-likeness (QED) is 0.391. The van der Waals surface area contributed by atoms with Crippen molar-refractivity contribution in [3.8, 4) is 0 Å². The molecule has 0 amide bonds. The summed E-state index contributed by atoms with van der Waals surface area (Å²) in [4.78, 5) is 19.8. The Kier molecular flexibility index (Phi) is 4.07. The first-order valence-corrected chi connectivity index (χ1v) is 2.50. The number of aldehydes is 1. The summed E-state index contributed by atoms with van der Waals surface area (Å²) in [7, 11) is 0. The zero-order valence-corrected chi connectivity index (χ0v) is 4.81. The van der Waals surface area contributed by atoms with E-state index in [1.165, 1.54) is 0 Å². The lowest BCUT2D eigenvalue weighted by Gasteiger charge is -1.90. The summed E-state index contributed by atoms with van der Waals surface area (Å²) in [6.07, 6.45) is 0.322. The van der Waals surface area contributed by atoms with Gasteiger partial charge in [0.25, 0.3) is 0 Å². The molecule has 46 valence electrons. The maximum atomic E-state index is 10.1. The summed E-state index contributed by atoms with van der Waals surface area (Å²) in [6.45, 7) is 2.76. The Morgan fingerprint density at radius 3 is 2.75 bits per heavy atom. The molecule has 3 nitrogen and oxygen atoms in total. The molecule has 0 spiro atoms. The van der Waals surface area contributed by atoms with Crippen LogP contribution < -0.4 is 5.32 Å². The molecule has 0 aromatic heterocycles. The van der Waals surface area contributed by atoms with Crippen molar-refractivity contribution in [2.75, 3.05) is 13.1 Å². The van der Waals surface area contributed by atoms with Crippen LogP contribution in [0.15, 0.2) is 0 Å². The summed E-state index contributed by atoms with van der Waals surface area (Å²) in [5.41, 5.74) is 0. The standard InChI is InChI=1S/C5H9NO2/c1-2-6-3-5(8)4-7/h4,6H,2-3H2,1H3. The summed E-state index contributed by atoms with van der Waals surface area (Å²) in [5.74, 6) is -0.396. The normalized spacial score (nSPS) is 8.62. The molecule has 0 unspecified atom stereocenters. The number of carbonyl (C=O) groups is 2. The van der Waals surface area contributed by atoms with Gasteiger partial charge in [0.1, 0.15) is 0 Å². The minimum Gasteiger partial charge on any atom is -0.310 e. The van der Waals surface area contributed by atoms with Gasteiger partial charge in [-0.2, -0.15) is 0 Å². The highest BCUT2D eigenvalue weighted by Gasteiger charge is 1.93. The number of hydrogen-bond acceptors (Lipinski definition) is 3. The van der Waals surface area contributed by atoms with E-state index in [2.05, 4.69) is 5.32 Å². The van der Waals surface area contributed by atoms with E-state index >= 15 is 0 Å². The van der Waals surface area contributed by atoms with Crippen LogP contribution in [0.4, 0.5) is 0 Å². The topological polar surface area (TPSA) is 46.2 Å². The van der Waals surface area contributed by atoms with Crippen LogP contribution in [0.25, 0.3) is 0 Å². The maximum Gasteiger partial charge on any atom is 0.208 e. The molecule has 3 heteroatoms. The number of hydrogen-bond donors (Lipinski definition) is 1. The second-order valence-electron chi connectivity index (χ2n) is 1.36. The molecule has 0 heterocycles. The molecular weight excluding hydrogens is 106 g/mol. The highest BCUT2D eigenvalue weighted by Crippen LogP contribution is 1.59. The van der Waals surface area contributed by atoms with Crippen LogP contribution in [0.5, 0.6) is 0 Å². The number of likely N-dealkylation sites (N-methyl/N-ethyl adjacent to an activating group) is 1. The minimum atomic E-state index is -0.396. The fraction of sp³-hybridized carbons (Fsp3) is 0.600. The van der Waals surface area contributed by atoms with Gasteiger partial charge in [-0.05, 0) is 6.54 Å². The Morgan fingerprint density at radius 2 is 2.38 bits per heavy atom. The van der Waals surface area contributed by atoms with Gasteiger partial charge in [0.15, 0.2) is 6.29 Å². The summed E-state index contributed by atoms with van der Waals surface area (Å²) >= 11 is 0. The van der Waals surface area contributed by atoms with Crippen LogP contribution >= 0.6 is 0 Å². The van der Waals surface area contributed by atoms with Crippen LogP contribution in [0.3, 0.4) is 0 Å². The van der Waals surface area contributed by atoms with Crippen molar-refractivity contribution in [3.05, 3.63) is 0 Å². The lowest BCUT2D eigenvalue weighted by molar-refractivity contribution is -0.129. The highest BCUT2D eigenvalue weighted by molar-refractivity contribution is 6.25. The number of ketones is 1. The molecule has 0 aliphatic rings. The predicted molar refractivity (Wildman–Crippen MR) is 29.6 cm³/mol. The molecule has 0 rings (SSSR count). The maximum absolute atomic E-state index is 10.1. The van der Waals surface area contributed by atoms with Gasteiger partial charge in [-0.15, -0.1) is 0 Å². The molecular formula is C5H9NO2. The van der Waals surface area contributed by atoms with Crippen LogP contribution in [0, 0.1) is 0 Å². The van der Waals surface area contributed by atoms with E-state index in [9.17, 15) is 9.59 Å². The van der Waals surface area contributed by atoms with E-state index in [-0.39, 0.29) is 6.54 Å². The Labute approximate surface area is 48.1 Å². The largest absolute Gasteiger partial charge is 0.310 e. The van der Waals surface area contributed by atoms with Crippen LogP contribution in [-0.4, -0.2) is 25.2 Å². The Bertz CT molecular complexity index is 90.4. The number of rotatable bonds is 4. The Morgan fingerprint density at radius 1 is 1.75 bits per heavy atom. The predicted octanol–water partition coefficient (Wildman–Crippen LogP) is -0.636. The van der Waals surface area contributed by atoms with Crippen molar-refractivity contribution in [1.82, 2.24) is 5.32 Å². The SMILES string of the molecule is CCNCC(=O)C=O. The van der Waals surface area contributed by atoms with Crippen molar-refractivity contribution in [2.24, 2.45) is 0 Å². The molecule has 0 radical (unpaired) electrons. The summed E-state index contributed by atoms with van der Waals surface area (Å²) < 4.78 is 0. The van der Waals surface area contributed by atoms with Gasteiger partial charge in [0.05, 0.1) is 6.54 Å². The van der Waals surface area contributed by atoms with Crippen LogP contribution in [-0.2, 0) is 9.59 Å². The smallest absolute Gasteiger partial charge is 0.208 e. The fourth-order valence-corrected chi connectivity index (χ4v) is 0.290. The number of carbonyl (C=O) groups excluding carboxylic acids is 2. The van der Waals surface area contributed by atoms with Gasteiger partial charge < -0.3 is 5.32 Å². The van der Waals surface area contributed by atoms with Crippen molar-refractivity contribution in [1.29, 1.82) is 0 Å². The van der Waals surface area contributed by atoms with Gasteiger partial charge in [0, 0.05) is 0 Å². The molecule has 0 aromatic rings. The second-order valence-corrected chi connectivity index (χ2v) is 1.36. The fourth-order valence-electron chi connectivity index (χ4n) is 0.290. The first-order chi connectivity index (χ1) is 3.81. The highest BCUT2D eigenvalue weighted by atomic mass is 16.2. The van der Waals surface area contributed by atoms with E-state index < -0.39 is 5.78 Å². The lowest BCUT2D eigenvalue weighted by atomic mass is 10.4. The van der Waals surface area contributed by atoms with Crippen molar-refractivity contribution < 1.29 is 9.59 Å². The average molecular weight is 115 g/mol. The lowest BCUT2D eigenvalue weighted by Crippen LogP contribution is -2.22. The summed E-state index contributed by atoms with van der Waals surface area (Å²) in [5, 5.41) is 2.72. The molecule has 0 fully saturated rings. The van der Waals surface area contributed by atoms with Crippen LogP contribution in [0.1, 0.15) is 6.92 Å². The van der Waals surface area contributed by atoms with E-state index in [0.717, 1.165) is 6.54 Å². The average Bonchev–Trinajstić information content (AvgIpc) is 1.83. The zero-order valence-electron chi connectivity index (χ0n) is 4.81. The molecule has 0 aromatic carbocycles. The van der Waals surface area contributed by atoms with Gasteiger partial charge >= 0.3 is 0 Å². The van der Waals surface area contributed by atoms with Gasteiger partial charge in [0.2, 0.25) is 5.78 Å². The third-order valence-corrected chi connectivity index (χ3v) is 0.681. The monoisotopic (exact) mass is 115 g/mol. The minimum absolute atomic E-state index is 0.167. The molecule has 0 atom stereocenters. The third kappa shape index (κ3) is 3.49. The van der Waals surface area contributed by atoms with E-state index in [0.29, 0.717) is 6.29 Å². The summed E-state index contributed by atoms with van der Waals surface area (Å²) in [6, 6.07) is 0. The first kappa shape index (κ1) is 7.30. The zero-order chi connectivity index (χ0) is 6.41. The number of nitrogens with one attached hydrogen (secondary N) is 1. The third-order valence-electron chi connectivity index (χ3n) is 0.681. The molecule has 0 saturated carbocycles. The van der Waals surface area contributed by atoms with Crippen molar-refractivity contribution >= 4 is 12.1 Å². The molecule has 0 saturated heterocycles. The van der Waals surface area contributed by atoms with E-state index in [1.807, 2.05) is 6.92 Å². The van der Waals surface area contributed by atoms with E-state index in [4.69, 9.17) is 0 Å². The van der Waals surface area contributed by atoms with Gasteiger partial charge in [-0.1, -0.05) is 6.92 Å². The first-order valence-electron chi connectivity index (χ1n) is 2.50. The molecule has 1 N–H and O–H groups in total. The Hall–Kier alpha value is -0.700. The van der Waals surface area contributed by atoms with E-state index in [1.54, 1.807) is 0 Å². The van der Waals surface area contributed by atoms with Crippen LogP contribution in [0.2, 0.25) is 0 Å². The second kappa shape index (κ2) is 4.46. The Balaban J connectivity index is 3.11.